The molecule has 0 aliphatic heterocycles. The van der Waals surface area contributed by atoms with E-state index in [-0.39, 0.29) is 5.56 Å². The fraction of sp³-hybridized carbons (Fsp3) is 0.100. The molecule has 0 spiro atoms. The number of aromatic nitrogens is 3. The summed E-state index contributed by atoms with van der Waals surface area (Å²) in [5.41, 5.74) is 1.00. The maximum absolute atomic E-state index is 10.6. The Morgan fingerprint density at radius 2 is 2.25 bits per heavy atom. The van der Waals surface area contributed by atoms with Crippen LogP contribution in [-0.2, 0) is 6.54 Å². The molecule has 82 valence electrons. The molecule has 0 unspecified atom stereocenters. The number of pyridine rings is 1. The number of rotatable bonds is 3. The molecular formula is C10H8BrN3O2. The Labute approximate surface area is 99.9 Å². The zero-order chi connectivity index (χ0) is 11.5. The van der Waals surface area contributed by atoms with Gasteiger partial charge in [0, 0.05) is 16.9 Å². The molecule has 2 rings (SSSR count). The lowest BCUT2D eigenvalue weighted by Gasteiger charge is -2.00. The van der Waals surface area contributed by atoms with E-state index < -0.39 is 5.97 Å². The standard InChI is InChI=1S/C10H8BrN3O2/c11-8-1-2-9(12-4-8)6-14-5-7(3-13-14)10(15)16/h1-5H,6H2,(H,15,16). The Balaban J connectivity index is 2.14. The molecule has 0 atom stereocenters. The van der Waals surface area contributed by atoms with Crippen LogP contribution in [0.25, 0.3) is 0 Å². The van der Waals surface area contributed by atoms with Crippen LogP contribution in [-0.4, -0.2) is 25.8 Å². The Kier molecular flexibility index (Phi) is 3.00. The second kappa shape index (κ2) is 4.44. The number of carbonyl (C=O) groups is 1. The van der Waals surface area contributed by atoms with Crippen LogP contribution in [0.4, 0.5) is 0 Å². The van der Waals surface area contributed by atoms with Crippen LogP contribution in [0.3, 0.4) is 0 Å². The van der Waals surface area contributed by atoms with E-state index in [9.17, 15) is 4.79 Å². The van der Waals surface area contributed by atoms with Crippen LogP contribution in [0.15, 0.2) is 35.2 Å². The number of aromatic carboxylic acids is 1. The molecule has 0 amide bonds. The lowest BCUT2D eigenvalue weighted by atomic mass is 10.3. The fourth-order valence-electron chi connectivity index (χ4n) is 1.23. The van der Waals surface area contributed by atoms with Gasteiger partial charge in [0.2, 0.25) is 0 Å². The fourth-order valence-corrected chi connectivity index (χ4v) is 1.46. The number of hydrogen-bond acceptors (Lipinski definition) is 3. The van der Waals surface area contributed by atoms with Crippen LogP contribution >= 0.6 is 15.9 Å². The Bertz CT molecular complexity index is 507. The minimum atomic E-state index is -0.977. The molecule has 0 aromatic carbocycles. The van der Waals surface area contributed by atoms with Crippen LogP contribution < -0.4 is 0 Å². The minimum Gasteiger partial charge on any atom is -0.478 e. The predicted molar refractivity (Wildman–Crippen MR) is 60.2 cm³/mol. The Hall–Kier alpha value is -1.69. The van der Waals surface area contributed by atoms with Crippen LogP contribution in [0.2, 0.25) is 0 Å². The Morgan fingerprint density at radius 3 is 2.81 bits per heavy atom. The molecule has 2 aromatic rings. The summed E-state index contributed by atoms with van der Waals surface area (Å²) in [6, 6.07) is 3.73. The number of halogens is 1. The highest BCUT2D eigenvalue weighted by atomic mass is 79.9. The van der Waals surface area contributed by atoms with Gasteiger partial charge in [-0.15, -0.1) is 0 Å². The zero-order valence-electron chi connectivity index (χ0n) is 8.17. The molecule has 0 radical (unpaired) electrons. The van der Waals surface area contributed by atoms with Crippen molar-refractivity contribution >= 4 is 21.9 Å². The van der Waals surface area contributed by atoms with Crippen molar-refractivity contribution in [3.63, 3.8) is 0 Å². The normalized spacial score (nSPS) is 10.3. The van der Waals surface area contributed by atoms with E-state index in [1.165, 1.54) is 12.4 Å². The monoisotopic (exact) mass is 281 g/mol. The first kappa shape index (κ1) is 10.8. The van der Waals surface area contributed by atoms with Gasteiger partial charge in [-0.3, -0.25) is 9.67 Å². The van der Waals surface area contributed by atoms with E-state index in [0.29, 0.717) is 6.54 Å². The van der Waals surface area contributed by atoms with E-state index >= 15 is 0 Å². The van der Waals surface area contributed by atoms with Gasteiger partial charge in [-0.2, -0.15) is 5.10 Å². The molecule has 2 heterocycles. The maximum atomic E-state index is 10.6. The largest absolute Gasteiger partial charge is 0.478 e. The SMILES string of the molecule is O=C(O)c1cnn(Cc2ccc(Br)cn2)c1. The van der Waals surface area contributed by atoms with E-state index in [1.54, 1.807) is 10.9 Å². The summed E-state index contributed by atoms with van der Waals surface area (Å²) in [6.45, 7) is 0.459. The van der Waals surface area contributed by atoms with E-state index in [0.717, 1.165) is 10.2 Å². The highest BCUT2D eigenvalue weighted by Gasteiger charge is 2.06. The first-order valence-electron chi connectivity index (χ1n) is 4.51. The summed E-state index contributed by atoms with van der Waals surface area (Å²) in [4.78, 5) is 14.8. The highest BCUT2D eigenvalue weighted by Crippen LogP contribution is 2.08. The molecule has 0 saturated heterocycles. The zero-order valence-corrected chi connectivity index (χ0v) is 9.75. The van der Waals surface area contributed by atoms with Gasteiger partial charge >= 0.3 is 5.97 Å². The smallest absolute Gasteiger partial charge is 0.338 e. The van der Waals surface area contributed by atoms with Gasteiger partial charge in [0.25, 0.3) is 0 Å². The van der Waals surface area contributed by atoms with Gasteiger partial charge in [-0.1, -0.05) is 0 Å². The third-order valence-electron chi connectivity index (χ3n) is 1.99. The maximum Gasteiger partial charge on any atom is 0.338 e. The van der Waals surface area contributed by atoms with Crippen LogP contribution in [0.1, 0.15) is 16.1 Å². The molecule has 5 nitrogen and oxygen atoms in total. The lowest BCUT2D eigenvalue weighted by Crippen LogP contribution is -2.02. The molecule has 0 bridgehead atoms. The van der Waals surface area contributed by atoms with Gasteiger partial charge in [-0.25, -0.2) is 4.79 Å². The second-order valence-electron chi connectivity index (χ2n) is 3.20. The summed E-state index contributed by atoms with van der Waals surface area (Å²) in [7, 11) is 0. The minimum absolute atomic E-state index is 0.178. The van der Waals surface area contributed by atoms with Gasteiger partial charge < -0.3 is 5.11 Å². The van der Waals surface area contributed by atoms with Crippen molar-refractivity contribution in [1.29, 1.82) is 0 Å². The summed E-state index contributed by atoms with van der Waals surface area (Å²) >= 11 is 3.29. The van der Waals surface area contributed by atoms with Gasteiger partial charge in [0.15, 0.2) is 0 Å². The van der Waals surface area contributed by atoms with E-state index in [4.69, 9.17) is 5.11 Å². The molecule has 1 N–H and O–H groups in total. The highest BCUT2D eigenvalue weighted by molar-refractivity contribution is 9.10. The van der Waals surface area contributed by atoms with Crippen molar-refractivity contribution in [2.45, 2.75) is 6.54 Å². The first-order valence-corrected chi connectivity index (χ1v) is 5.30. The Morgan fingerprint density at radius 1 is 1.44 bits per heavy atom. The average Bonchev–Trinajstić information content (AvgIpc) is 2.70. The van der Waals surface area contributed by atoms with Gasteiger partial charge in [-0.05, 0) is 28.1 Å². The molecule has 0 aliphatic rings. The second-order valence-corrected chi connectivity index (χ2v) is 4.12. The molecule has 0 saturated carbocycles. The lowest BCUT2D eigenvalue weighted by molar-refractivity contribution is 0.0697. The summed E-state index contributed by atoms with van der Waals surface area (Å²) in [5.74, 6) is -0.977. The van der Waals surface area contributed by atoms with Gasteiger partial charge in [0.1, 0.15) is 0 Å². The summed E-state index contributed by atoms with van der Waals surface area (Å²) in [6.07, 6.45) is 4.49. The van der Waals surface area contributed by atoms with Crippen LogP contribution in [0, 0.1) is 0 Å². The number of carboxylic acids is 1. The third kappa shape index (κ3) is 2.46. The summed E-state index contributed by atoms with van der Waals surface area (Å²) < 4.78 is 2.45. The number of hydrogen-bond donors (Lipinski definition) is 1. The number of nitrogens with zero attached hydrogens (tertiary/aromatic N) is 3. The van der Waals surface area contributed by atoms with Crippen molar-refractivity contribution in [3.8, 4) is 0 Å². The predicted octanol–water partition coefficient (Wildman–Crippen LogP) is 1.79. The molecule has 16 heavy (non-hydrogen) atoms. The molecule has 0 fully saturated rings. The summed E-state index contributed by atoms with van der Waals surface area (Å²) in [5, 5.41) is 12.7. The topological polar surface area (TPSA) is 68.0 Å². The van der Waals surface area contributed by atoms with Crippen molar-refractivity contribution in [1.82, 2.24) is 14.8 Å². The quantitative estimate of drug-likeness (QED) is 0.931. The molecule has 2 aromatic heterocycles. The van der Waals surface area contributed by atoms with Crippen molar-refractivity contribution in [2.75, 3.05) is 0 Å². The van der Waals surface area contributed by atoms with Crippen molar-refractivity contribution in [2.24, 2.45) is 0 Å². The molecule has 6 heteroatoms. The molecule has 0 aliphatic carbocycles. The van der Waals surface area contributed by atoms with Crippen molar-refractivity contribution in [3.05, 3.63) is 46.5 Å². The number of carboxylic acid groups (broad SMARTS) is 1. The first-order chi connectivity index (χ1) is 7.65. The van der Waals surface area contributed by atoms with E-state index in [2.05, 4.69) is 26.0 Å². The van der Waals surface area contributed by atoms with Crippen molar-refractivity contribution < 1.29 is 9.90 Å². The average molecular weight is 282 g/mol. The van der Waals surface area contributed by atoms with Crippen LogP contribution in [0.5, 0.6) is 0 Å². The van der Waals surface area contributed by atoms with Gasteiger partial charge in [0.05, 0.1) is 24.0 Å². The van der Waals surface area contributed by atoms with E-state index in [1.807, 2.05) is 12.1 Å². The third-order valence-corrected chi connectivity index (χ3v) is 2.46. The molecular weight excluding hydrogens is 274 g/mol.